The molecule has 102 valence electrons. The molecule has 0 bridgehead atoms. The maximum absolute atomic E-state index is 11.9. The SMILES string of the molecule is O=C(OC1COC1)N1CCN(c2ccccn2)CC1. The molecule has 2 saturated heterocycles. The van der Waals surface area contributed by atoms with Gasteiger partial charge in [0, 0.05) is 32.4 Å². The summed E-state index contributed by atoms with van der Waals surface area (Å²) in [6.07, 6.45) is 1.50. The zero-order valence-electron chi connectivity index (χ0n) is 10.7. The summed E-state index contributed by atoms with van der Waals surface area (Å²) in [7, 11) is 0. The number of hydrogen-bond acceptors (Lipinski definition) is 5. The minimum Gasteiger partial charge on any atom is -0.441 e. The lowest BCUT2D eigenvalue weighted by atomic mass is 10.3. The number of aromatic nitrogens is 1. The summed E-state index contributed by atoms with van der Waals surface area (Å²) >= 11 is 0. The Kier molecular flexibility index (Phi) is 3.50. The van der Waals surface area contributed by atoms with Gasteiger partial charge in [-0.2, -0.15) is 0 Å². The van der Waals surface area contributed by atoms with Gasteiger partial charge < -0.3 is 19.3 Å². The van der Waals surface area contributed by atoms with Crippen LogP contribution in [0.4, 0.5) is 10.6 Å². The van der Waals surface area contributed by atoms with E-state index in [1.807, 2.05) is 18.2 Å². The first-order chi connectivity index (χ1) is 9.33. The molecule has 6 nitrogen and oxygen atoms in total. The molecule has 0 aromatic carbocycles. The van der Waals surface area contributed by atoms with Gasteiger partial charge >= 0.3 is 6.09 Å². The van der Waals surface area contributed by atoms with Crippen molar-refractivity contribution in [3.8, 4) is 0 Å². The summed E-state index contributed by atoms with van der Waals surface area (Å²) in [4.78, 5) is 20.1. The minimum absolute atomic E-state index is 0.0543. The number of carbonyl (C=O) groups is 1. The van der Waals surface area contributed by atoms with E-state index in [4.69, 9.17) is 9.47 Å². The molecule has 2 fully saturated rings. The van der Waals surface area contributed by atoms with Gasteiger partial charge in [-0.1, -0.05) is 6.07 Å². The van der Waals surface area contributed by atoms with Crippen molar-refractivity contribution in [1.29, 1.82) is 0 Å². The summed E-state index contributed by atoms with van der Waals surface area (Å²) in [5.41, 5.74) is 0. The van der Waals surface area contributed by atoms with Gasteiger partial charge in [-0.15, -0.1) is 0 Å². The fourth-order valence-corrected chi connectivity index (χ4v) is 2.16. The summed E-state index contributed by atoms with van der Waals surface area (Å²) in [5, 5.41) is 0. The van der Waals surface area contributed by atoms with E-state index >= 15 is 0 Å². The summed E-state index contributed by atoms with van der Waals surface area (Å²) in [5.74, 6) is 0.961. The first-order valence-electron chi connectivity index (χ1n) is 6.52. The molecule has 19 heavy (non-hydrogen) atoms. The quantitative estimate of drug-likeness (QED) is 0.787. The van der Waals surface area contributed by atoms with Crippen LogP contribution in [-0.4, -0.2) is 61.5 Å². The third-order valence-electron chi connectivity index (χ3n) is 3.39. The standard InChI is InChI=1S/C13H17N3O3/c17-13(19-11-9-18-10-11)16-7-5-15(6-8-16)12-3-1-2-4-14-12/h1-4,11H,5-10H2. The highest BCUT2D eigenvalue weighted by Gasteiger charge is 2.28. The normalized spacial score (nSPS) is 20.0. The number of anilines is 1. The van der Waals surface area contributed by atoms with Gasteiger partial charge in [0.15, 0.2) is 6.10 Å². The fraction of sp³-hybridized carbons (Fsp3) is 0.538. The number of rotatable bonds is 2. The van der Waals surface area contributed by atoms with Crippen molar-refractivity contribution in [2.75, 3.05) is 44.3 Å². The molecule has 0 radical (unpaired) electrons. The van der Waals surface area contributed by atoms with Crippen molar-refractivity contribution in [2.45, 2.75) is 6.10 Å². The molecular formula is C13H17N3O3. The molecule has 2 aliphatic rings. The van der Waals surface area contributed by atoms with Gasteiger partial charge in [0.05, 0.1) is 13.2 Å². The second-order valence-electron chi connectivity index (χ2n) is 4.71. The number of nitrogens with zero attached hydrogens (tertiary/aromatic N) is 3. The number of pyridine rings is 1. The van der Waals surface area contributed by atoms with E-state index in [0.717, 1.165) is 18.9 Å². The van der Waals surface area contributed by atoms with Gasteiger partial charge in [-0.3, -0.25) is 0 Å². The van der Waals surface area contributed by atoms with Crippen LogP contribution in [0.5, 0.6) is 0 Å². The Bertz CT molecular complexity index is 428. The highest BCUT2D eigenvalue weighted by Crippen LogP contribution is 2.14. The van der Waals surface area contributed by atoms with Crippen molar-refractivity contribution in [3.63, 3.8) is 0 Å². The van der Waals surface area contributed by atoms with Gasteiger partial charge in [0.25, 0.3) is 0 Å². The van der Waals surface area contributed by atoms with E-state index in [1.165, 1.54) is 0 Å². The summed E-state index contributed by atoms with van der Waals surface area (Å²) in [6, 6.07) is 5.86. The Morgan fingerprint density at radius 3 is 2.63 bits per heavy atom. The smallest absolute Gasteiger partial charge is 0.410 e. The molecule has 3 rings (SSSR count). The van der Waals surface area contributed by atoms with Crippen LogP contribution in [0.3, 0.4) is 0 Å². The Morgan fingerprint density at radius 2 is 2.05 bits per heavy atom. The lowest BCUT2D eigenvalue weighted by molar-refractivity contribution is -0.104. The maximum atomic E-state index is 11.9. The molecule has 0 aliphatic carbocycles. The van der Waals surface area contributed by atoms with Crippen LogP contribution in [0.25, 0.3) is 0 Å². The van der Waals surface area contributed by atoms with E-state index in [1.54, 1.807) is 11.1 Å². The van der Waals surface area contributed by atoms with E-state index in [9.17, 15) is 4.79 Å². The fourth-order valence-electron chi connectivity index (χ4n) is 2.16. The topological polar surface area (TPSA) is 54.9 Å². The number of piperazine rings is 1. The first-order valence-corrected chi connectivity index (χ1v) is 6.52. The van der Waals surface area contributed by atoms with E-state index in [2.05, 4.69) is 9.88 Å². The number of hydrogen-bond donors (Lipinski definition) is 0. The minimum atomic E-state index is -0.228. The van der Waals surface area contributed by atoms with Crippen LogP contribution in [-0.2, 0) is 9.47 Å². The van der Waals surface area contributed by atoms with Crippen LogP contribution in [0, 0.1) is 0 Å². The lowest BCUT2D eigenvalue weighted by Crippen LogP contribution is -2.51. The van der Waals surface area contributed by atoms with Crippen LogP contribution >= 0.6 is 0 Å². The molecule has 1 amide bonds. The molecule has 6 heteroatoms. The van der Waals surface area contributed by atoms with Gasteiger partial charge in [-0.25, -0.2) is 9.78 Å². The average Bonchev–Trinajstić information content (AvgIpc) is 2.44. The van der Waals surface area contributed by atoms with Crippen LogP contribution in [0.2, 0.25) is 0 Å². The second-order valence-corrected chi connectivity index (χ2v) is 4.71. The van der Waals surface area contributed by atoms with Crippen LogP contribution < -0.4 is 4.90 Å². The predicted molar refractivity (Wildman–Crippen MR) is 69.1 cm³/mol. The molecule has 0 saturated carbocycles. The van der Waals surface area contributed by atoms with Crippen LogP contribution in [0.1, 0.15) is 0 Å². The number of amides is 1. The monoisotopic (exact) mass is 263 g/mol. The molecule has 0 N–H and O–H groups in total. The predicted octanol–water partition coefficient (Wildman–Crippen LogP) is 0.739. The Labute approximate surface area is 111 Å². The van der Waals surface area contributed by atoms with Crippen molar-refractivity contribution in [1.82, 2.24) is 9.88 Å². The van der Waals surface area contributed by atoms with Gasteiger partial charge in [-0.05, 0) is 12.1 Å². The number of ether oxygens (including phenoxy) is 2. The summed E-state index contributed by atoms with van der Waals surface area (Å²) < 4.78 is 10.3. The van der Waals surface area contributed by atoms with Crippen LogP contribution in [0.15, 0.2) is 24.4 Å². The van der Waals surface area contributed by atoms with Crippen molar-refractivity contribution < 1.29 is 14.3 Å². The van der Waals surface area contributed by atoms with Crippen molar-refractivity contribution in [2.24, 2.45) is 0 Å². The van der Waals surface area contributed by atoms with E-state index in [0.29, 0.717) is 26.3 Å². The third-order valence-corrected chi connectivity index (χ3v) is 3.39. The highest BCUT2D eigenvalue weighted by atomic mass is 16.6. The molecule has 0 unspecified atom stereocenters. The Morgan fingerprint density at radius 1 is 1.26 bits per heavy atom. The first kappa shape index (κ1) is 12.2. The summed E-state index contributed by atoms with van der Waals surface area (Å²) in [6.45, 7) is 3.96. The molecule has 3 heterocycles. The molecule has 2 aliphatic heterocycles. The average molecular weight is 263 g/mol. The molecule has 1 aromatic heterocycles. The second kappa shape index (κ2) is 5.44. The highest BCUT2D eigenvalue weighted by molar-refractivity contribution is 5.68. The zero-order chi connectivity index (χ0) is 13.1. The van der Waals surface area contributed by atoms with Crippen molar-refractivity contribution >= 4 is 11.9 Å². The largest absolute Gasteiger partial charge is 0.441 e. The molecule has 0 spiro atoms. The van der Waals surface area contributed by atoms with Crippen molar-refractivity contribution in [3.05, 3.63) is 24.4 Å². The Balaban J connectivity index is 1.50. The molecule has 0 atom stereocenters. The van der Waals surface area contributed by atoms with E-state index < -0.39 is 0 Å². The Hall–Kier alpha value is -1.82. The molecule has 1 aromatic rings. The van der Waals surface area contributed by atoms with E-state index in [-0.39, 0.29) is 12.2 Å². The van der Waals surface area contributed by atoms with Gasteiger partial charge in [0.2, 0.25) is 0 Å². The molecular weight excluding hydrogens is 246 g/mol. The third kappa shape index (κ3) is 2.78. The van der Waals surface area contributed by atoms with Gasteiger partial charge in [0.1, 0.15) is 5.82 Å². The maximum Gasteiger partial charge on any atom is 0.410 e. The zero-order valence-corrected chi connectivity index (χ0v) is 10.7. The lowest BCUT2D eigenvalue weighted by Gasteiger charge is -2.36. The number of carbonyl (C=O) groups excluding carboxylic acids is 1.